The van der Waals surface area contributed by atoms with Crippen LogP contribution in [0.2, 0.25) is 0 Å². The van der Waals surface area contributed by atoms with E-state index in [0.717, 1.165) is 33.0 Å². The maximum absolute atomic E-state index is 5.09. The van der Waals surface area contributed by atoms with Gasteiger partial charge in [-0.15, -0.1) is 0 Å². The molecule has 0 radical (unpaired) electrons. The van der Waals surface area contributed by atoms with Gasteiger partial charge in [-0.1, -0.05) is 176 Å². The van der Waals surface area contributed by atoms with Crippen molar-refractivity contribution in [1.82, 2.24) is 15.0 Å². The van der Waals surface area contributed by atoms with E-state index in [1.54, 1.807) is 0 Å². The number of rotatable bonds is 5. The third kappa shape index (κ3) is 5.19. The van der Waals surface area contributed by atoms with Gasteiger partial charge in [-0.25, -0.2) is 15.0 Å². The lowest BCUT2D eigenvalue weighted by Gasteiger charge is -2.18. The van der Waals surface area contributed by atoms with Crippen molar-refractivity contribution in [3.63, 3.8) is 0 Å². The highest BCUT2D eigenvalue weighted by atomic mass is 15.0. The molecule has 0 spiro atoms. The number of fused-ring (bicyclic) bond motifs is 4. The topological polar surface area (TPSA) is 38.7 Å². The van der Waals surface area contributed by atoms with Crippen molar-refractivity contribution in [1.29, 1.82) is 0 Å². The average Bonchev–Trinajstić information content (AvgIpc) is 3.22. The van der Waals surface area contributed by atoms with Crippen LogP contribution in [-0.4, -0.2) is 15.0 Å². The van der Waals surface area contributed by atoms with Gasteiger partial charge in [-0.05, 0) is 77.5 Å². The second-order valence-corrected chi connectivity index (χ2v) is 13.2. The summed E-state index contributed by atoms with van der Waals surface area (Å²) in [5.41, 5.74) is 7.70. The minimum atomic E-state index is 0.641. The van der Waals surface area contributed by atoms with Crippen molar-refractivity contribution in [3.8, 4) is 56.4 Å². The predicted octanol–water partition coefficient (Wildman–Crippen LogP) is 12.8. The molecule has 0 saturated heterocycles. The Balaban J connectivity index is 1.14. The summed E-state index contributed by atoms with van der Waals surface area (Å²) in [4.78, 5) is 15.2. The first kappa shape index (κ1) is 29.9. The first-order valence-corrected chi connectivity index (χ1v) is 17.6. The zero-order valence-electron chi connectivity index (χ0n) is 28.2. The standard InChI is InChI=1S/C49H31N3/c1-2-14-34(15-3-1)45-41-18-8-10-20-43(41)46(44-21-11-9-19-42(44)45)35-24-26-36(27-25-35)47-50-48(39-28-22-32-12-4-6-16-37(32)30-39)52-49(51-47)40-29-23-33-13-5-7-17-38(33)31-40/h1-31H. The molecule has 3 nitrogen and oxygen atoms in total. The van der Waals surface area contributed by atoms with Gasteiger partial charge in [0, 0.05) is 16.7 Å². The normalized spacial score (nSPS) is 11.5. The van der Waals surface area contributed by atoms with Crippen molar-refractivity contribution in [2.24, 2.45) is 0 Å². The Hall–Kier alpha value is -6.97. The fourth-order valence-electron chi connectivity index (χ4n) is 7.56. The highest BCUT2D eigenvalue weighted by molar-refractivity contribution is 6.21. The fourth-order valence-corrected chi connectivity index (χ4v) is 7.56. The molecule has 0 fully saturated rings. The van der Waals surface area contributed by atoms with Crippen molar-refractivity contribution < 1.29 is 0 Å². The van der Waals surface area contributed by atoms with Gasteiger partial charge in [0.1, 0.15) is 0 Å². The van der Waals surface area contributed by atoms with E-state index in [9.17, 15) is 0 Å². The van der Waals surface area contributed by atoms with Crippen LogP contribution in [0.25, 0.3) is 99.5 Å². The molecule has 3 heteroatoms. The zero-order chi connectivity index (χ0) is 34.4. The molecule has 52 heavy (non-hydrogen) atoms. The molecule has 242 valence electrons. The summed E-state index contributed by atoms with van der Waals surface area (Å²) in [6, 6.07) is 66.5. The molecule has 0 atom stereocenters. The van der Waals surface area contributed by atoms with Crippen LogP contribution in [0.3, 0.4) is 0 Å². The minimum Gasteiger partial charge on any atom is -0.208 e. The summed E-state index contributed by atoms with van der Waals surface area (Å²) in [6.07, 6.45) is 0. The van der Waals surface area contributed by atoms with Crippen molar-refractivity contribution in [2.75, 3.05) is 0 Å². The SMILES string of the molecule is c1ccc(-c2c3ccccc3c(-c3ccc(-c4nc(-c5ccc6ccccc6c5)nc(-c5ccc6ccccc6c5)n4)cc3)c3ccccc23)cc1. The molecule has 10 rings (SSSR count). The molecule has 0 aliphatic carbocycles. The maximum atomic E-state index is 5.09. The Labute approximate surface area is 301 Å². The van der Waals surface area contributed by atoms with Crippen LogP contribution in [0, 0.1) is 0 Å². The highest BCUT2D eigenvalue weighted by Crippen LogP contribution is 2.43. The summed E-state index contributed by atoms with van der Waals surface area (Å²) in [5, 5.41) is 9.60. The predicted molar refractivity (Wildman–Crippen MR) is 217 cm³/mol. The molecular formula is C49H31N3. The third-order valence-corrected chi connectivity index (χ3v) is 10.1. The smallest absolute Gasteiger partial charge is 0.164 e. The Bertz CT molecular complexity index is 2790. The molecule has 1 heterocycles. The summed E-state index contributed by atoms with van der Waals surface area (Å²) in [5.74, 6) is 1.94. The van der Waals surface area contributed by atoms with E-state index in [1.807, 2.05) is 0 Å². The maximum Gasteiger partial charge on any atom is 0.164 e. The van der Waals surface area contributed by atoms with Crippen LogP contribution in [0.1, 0.15) is 0 Å². The van der Waals surface area contributed by atoms with Gasteiger partial charge < -0.3 is 0 Å². The van der Waals surface area contributed by atoms with Crippen LogP contribution in [0.15, 0.2) is 188 Å². The minimum absolute atomic E-state index is 0.641. The van der Waals surface area contributed by atoms with Gasteiger partial charge in [0.05, 0.1) is 0 Å². The molecule has 0 aliphatic rings. The lowest BCUT2D eigenvalue weighted by atomic mass is 9.86. The molecule has 0 unspecified atom stereocenters. The summed E-state index contributed by atoms with van der Waals surface area (Å²) >= 11 is 0. The quantitative estimate of drug-likeness (QED) is 0.172. The molecule has 0 aliphatic heterocycles. The molecule has 9 aromatic carbocycles. The Morgan fingerprint density at radius 3 is 1.02 bits per heavy atom. The summed E-state index contributed by atoms with van der Waals surface area (Å²) in [6.45, 7) is 0. The van der Waals surface area contributed by atoms with E-state index in [2.05, 4.69) is 188 Å². The Morgan fingerprint density at radius 1 is 0.231 bits per heavy atom. The Kier molecular flexibility index (Phi) is 7.14. The van der Waals surface area contributed by atoms with E-state index < -0.39 is 0 Å². The van der Waals surface area contributed by atoms with E-state index >= 15 is 0 Å². The lowest BCUT2D eigenvalue weighted by molar-refractivity contribution is 1.08. The van der Waals surface area contributed by atoms with Gasteiger partial charge >= 0.3 is 0 Å². The molecule has 0 N–H and O–H groups in total. The van der Waals surface area contributed by atoms with E-state index in [0.29, 0.717) is 17.5 Å². The van der Waals surface area contributed by atoms with Crippen LogP contribution in [0.5, 0.6) is 0 Å². The second-order valence-electron chi connectivity index (χ2n) is 13.2. The van der Waals surface area contributed by atoms with Crippen molar-refractivity contribution in [2.45, 2.75) is 0 Å². The van der Waals surface area contributed by atoms with Crippen LogP contribution in [0.4, 0.5) is 0 Å². The summed E-state index contributed by atoms with van der Waals surface area (Å²) < 4.78 is 0. The van der Waals surface area contributed by atoms with Gasteiger partial charge in [0.25, 0.3) is 0 Å². The number of nitrogens with zero attached hydrogens (tertiary/aromatic N) is 3. The first-order valence-electron chi connectivity index (χ1n) is 17.6. The lowest BCUT2D eigenvalue weighted by Crippen LogP contribution is -2.00. The number of hydrogen-bond donors (Lipinski definition) is 0. The van der Waals surface area contributed by atoms with Gasteiger partial charge in [0.15, 0.2) is 17.5 Å². The van der Waals surface area contributed by atoms with E-state index in [-0.39, 0.29) is 0 Å². The second kappa shape index (κ2) is 12.4. The first-order chi connectivity index (χ1) is 25.8. The van der Waals surface area contributed by atoms with Crippen LogP contribution < -0.4 is 0 Å². The number of aromatic nitrogens is 3. The molecule has 1 aromatic heterocycles. The summed E-state index contributed by atoms with van der Waals surface area (Å²) in [7, 11) is 0. The zero-order valence-corrected chi connectivity index (χ0v) is 28.2. The average molecular weight is 662 g/mol. The monoisotopic (exact) mass is 661 g/mol. The molecule has 0 saturated carbocycles. The van der Waals surface area contributed by atoms with Gasteiger partial charge in [-0.2, -0.15) is 0 Å². The van der Waals surface area contributed by atoms with E-state index in [1.165, 1.54) is 49.0 Å². The number of benzene rings is 9. The fraction of sp³-hybridized carbons (Fsp3) is 0. The van der Waals surface area contributed by atoms with Crippen molar-refractivity contribution >= 4 is 43.1 Å². The molecule has 0 bridgehead atoms. The van der Waals surface area contributed by atoms with Crippen molar-refractivity contribution in [3.05, 3.63) is 188 Å². The molecule has 10 aromatic rings. The molecular weight excluding hydrogens is 631 g/mol. The highest BCUT2D eigenvalue weighted by Gasteiger charge is 2.18. The van der Waals surface area contributed by atoms with E-state index in [4.69, 9.17) is 15.0 Å². The largest absolute Gasteiger partial charge is 0.208 e. The third-order valence-electron chi connectivity index (χ3n) is 10.1. The van der Waals surface area contributed by atoms with Gasteiger partial charge in [0.2, 0.25) is 0 Å². The Morgan fingerprint density at radius 2 is 0.558 bits per heavy atom. The van der Waals surface area contributed by atoms with Gasteiger partial charge in [-0.3, -0.25) is 0 Å². The van der Waals surface area contributed by atoms with Crippen LogP contribution in [-0.2, 0) is 0 Å². The molecule has 0 amide bonds. The number of hydrogen-bond acceptors (Lipinski definition) is 3. The van der Waals surface area contributed by atoms with Crippen LogP contribution >= 0.6 is 0 Å².